The van der Waals surface area contributed by atoms with Crippen LogP contribution >= 0.6 is 11.3 Å². The van der Waals surface area contributed by atoms with Gasteiger partial charge in [-0.1, -0.05) is 183 Å². The van der Waals surface area contributed by atoms with Crippen molar-refractivity contribution in [1.29, 1.82) is 0 Å². The molecule has 0 saturated heterocycles. The maximum Gasteiger partial charge on any atom is 0.437 e. The van der Waals surface area contributed by atoms with Crippen molar-refractivity contribution in [3.05, 3.63) is 259 Å². The van der Waals surface area contributed by atoms with E-state index in [1.807, 2.05) is 113 Å². The lowest BCUT2D eigenvalue weighted by Gasteiger charge is -2.25. The zero-order valence-corrected chi connectivity index (χ0v) is 76.0. The molecule has 123 heavy (non-hydrogen) atoms. The third-order valence-electron chi connectivity index (χ3n) is 23.8. The third-order valence-corrected chi connectivity index (χ3v) is 25.1. The van der Waals surface area contributed by atoms with E-state index in [0.29, 0.717) is 39.6 Å². The van der Waals surface area contributed by atoms with Crippen molar-refractivity contribution in [1.82, 2.24) is 59.8 Å². The number of hydrogen-bond donors (Lipinski definition) is 0. The average molecular weight is 1660 g/mol. The minimum Gasteiger partial charge on any atom is -0.241 e. The van der Waals surface area contributed by atoms with Crippen molar-refractivity contribution >= 4 is 110 Å². The standard InChI is InChI=1S/C33H34F3N4.C27H27N4.C25H29N4.C18H17N4S/c1-17-14-18(2)26(19(3)15-17)27-28(40(9)31-30(38-27)39-29(21(5)37-31)33(34,35)36)24-16-25(32(6,7)8)23-13-11-10-12-22(23)20(24)4;1-16-18-11-7-8-12-19(18)21(27(3,4)5)15-20(16)24-17(2)28-25-26(31(24)6)30-23-14-10-9-13-22(23)29-25;1-14-18-11-9-10-12-19(18)21(25(5,6)7)13-20(14)22-17(4)27-23-24(29(22)8)28-16(3)15(2)26-23;1-10-13-7-5-6-8-14(13)23-17(10)16-15-18(19-9-22(16)4)21-12(3)11(2)20-15/h10-16H,1-9H3;7-15H,1-6H3;9-13H,1-8H3;5-9H,1-4H3/q4*+1/i;;2D3;. The molecule has 0 aliphatic carbocycles. The molecule has 16 nitrogen and oxygen atoms in total. The molecule has 0 N–H and O–H groups in total. The molecule has 0 spiro atoms. The number of aryl methyl sites for hydroxylation is 18. The summed E-state index contributed by atoms with van der Waals surface area (Å²) < 4.78 is 74.1. The van der Waals surface area contributed by atoms with Crippen LogP contribution in [0.2, 0.25) is 0 Å². The quantitative estimate of drug-likeness (QED) is 0.118. The van der Waals surface area contributed by atoms with Gasteiger partial charge in [0.2, 0.25) is 22.5 Å². The molecule has 9 heterocycles. The van der Waals surface area contributed by atoms with E-state index in [-0.39, 0.29) is 33.3 Å². The second kappa shape index (κ2) is 32.0. The Labute approximate surface area is 725 Å². The van der Waals surface area contributed by atoms with E-state index in [1.165, 1.54) is 87.8 Å². The van der Waals surface area contributed by atoms with Crippen LogP contribution in [0, 0.1) is 96.9 Å². The fourth-order valence-corrected chi connectivity index (χ4v) is 18.8. The van der Waals surface area contributed by atoms with Crippen LogP contribution in [-0.2, 0) is 50.6 Å². The Morgan fingerprint density at radius 2 is 0.732 bits per heavy atom. The van der Waals surface area contributed by atoms with Crippen molar-refractivity contribution in [2.75, 3.05) is 0 Å². The largest absolute Gasteiger partial charge is 0.437 e. The van der Waals surface area contributed by atoms with Gasteiger partial charge in [-0.15, -0.1) is 11.3 Å². The lowest BCUT2D eigenvalue weighted by molar-refractivity contribution is -0.662. The van der Waals surface area contributed by atoms with Crippen LogP contribution in [0.4, 0.5) is 13.2 Å². The number of hydrogen-bond acceptors (Lipinski definition) is 13. The molecule has 0 atom stereocenters. The molecule has 0 aliphatic heterocycles. The van der Waals surface area contributed by atoms with Crippen LogP contribution in [0.1, 0.15) is 168 Å². The molecule has 0 fully saturated rings. The predicted octanol–water partition coefficient (Wildman–Crippen LogP) is 22.8. The zero-order chi connectivity index (χ0) is 90.9. The summed E-state index contributed by atoms with van der Waals surface area (Å²) in [6, 6.07) is 53.0. The van der Waals surface area contributed by atoms with Gasteiger partial charge in [0, 0.05) is 44.9 Å². The van der Waals surface area contributed by atoms with Crippen molar-refractivity contribution in [3.8, 4) is 55.6 Å². The van der Waals surface area contributed by atoms with Crippen molar-refractivity contribution in [2.45, 2.75) is 182 Å². The molecule has 0 unspecified atom stereocenters. The number of benzene rings is 9. The molecule has 0 amide bonds. The van der Waals surface area contributed by atoms with Crippen LogP contribution in [0.25, 0.3) is 154 Å². The van der Waals surface area contributed by atoms with Crippen LogP contribution < -0.4 is 18.3 Å². The molecule has 20 heteroatoms. The lowest BCUT2D eigenvalue weighted by atomic mass is 9.80. The van der Waals surface area contributed by atoms with E-state index in [1.54, 1.807) is 18.3 Å². The first-order chi connectivity index (χ1) is 59.2. The fourth-order valence-electron chi connectivity index (χ4n) is 17.5. The van der Waals surface area contributed by atoms with Gasteiger partial charge in [-0.3, -0.25) is 0 Å². The number of alkyl halides is 3. The predicted molar refractivity (Wildman–Crippen MR) is 494 cm³/mol. The van der Waals surface area contributed by atoms with Gasteiger partial charge in [0.25, 0.3) is 12.0 Å². The van der Waals surface area contributed by atoms with E-state index in [4.69, 9.17) is 34.0 Å². The number of nitrogens with zero attached hydrogens (tertiary/aromatic N) is 16. The molecule has 9 aromatic heterocycles. The molecule has 0 bridgehead atoms. The summed E-state index contributed by atoms with van der Waals surface area (Å²) in [5.41, 5.74) is 29.0. The van der Waals surface area contributed by atoms with E-state index in [2.05, 4.69) is 260 Å². The second-order valence-corrected chi connectivity index (χ2v) is 36.9. The molecular weight excluding hydrogens is 1550 g/mol. The molecule has 0 aliphatic rings. The molecule has 18 aromatic rings. The van der Waals surface area contributed by atoms with Gasteiger partial charge < -0.3 is 0 Å². The number of fused-ring (bicyclic) bond motifs is 9. The molecule has 9 aromatic carbocycles. The van der Waals surface area contributed by atoms with Crippen LogP contribution in [0.3, 0.4) is 0 Å². The SMILES string of the molecule is Cc1cc(C)c(-c2nc3nc(C(F)(F)F)c(C)nc3[n+](C)c2-c2cc(C(C)(C)C)c3ccccc3c2C)c(C)c1.Cc1nc2nc3ccccc3nc2[n+](C)c1-c1cc(C(C)(C)C)c2ccccc2c1C.Cc1nc2nc[n+](C)c(-c3sc4ccccc4c3C)c2nc1C.[2H]C([2H])([2H])c1nc2nc(C)c(-c3cc(C(C)(C)C)c4ccccc4c3C)[n+](C)c2nc1C. The Balaban J connectivity index is 0.000000132. The number of para-hydroxylation sites is 2. The number of aromatic nitrogens is 16. The lowest BCUT2D eigenvalue weighted by Crippen LogP contribution is -2.36. The van der Waals surface area contributed by atoms with Crippen molar-refractivity contribution in [3.63, 3.8) is 0 Å². The first-order valence-corrected chi connectivity index (χ1v) is 42.3. The van der Waals surface area contributed by atoms with Crippen LogP contribution in [-0.4, -0.2) is 59.8 Å². The summed E-state index contributed by atoms with van der Waals surface area (Å²) in [6.07, 6.45) is -2.80. The first-order valence-electron chi connectivity index (χ1n) is 43.0. The highest BCUT2D eigenvalue weighted by Crippen LogP contribution is 2.45. The summed E-state index contributed by atoms with van der Waals surface area (Å²) in [4.78, 5) is 56.6. The highest BCUT2D eigenvalue weighted by molar-refractivity contribution is 7.22. The zero-order valence-electron chi connectivity index (χ0n) is 78.2. The van der Waals surface area contributed by atoms with Gasteiger partial charge in [-0.25, -0.2) is 58.1 Å². The molecule has 0 radical (unpaired) electrons. The number of rotatable bonds is 5. The molecular formula is C103H107F3N16S+4. The molecule has 18 rings (SSSR count). The summed E-state index contributed by atoms with van der Waals surface area (Å²) in [6.45, 7) is 43.4. The molecule has 0 saturated carbocycles. The Morgan fingerprint density at radius 1 is 0.350 bits per heavy atom. The van der Waals surface area contributed by atoms with Gasteiger partial charge in [-0.2, -0.15) is 13.2 Å². The van der Waals surface area contributed by atoms with E-state index < -0.39 is 18.7 Å². The van der Waals surface area contributed by atoms with Gasteiger partial charge in [0.1, 0.15) is 11.2 Å². The number of halogens is 3. The fraction of sp³-hybridized carbons (Fsp3) is 0.301. The summed E-state index contributed by atoms with van der Waals surface area (Å²) in [5.74, 6) is 0. The highest BCUT2D eigenvalue weighted by Gasteiger charge is 2.40. The van der Waals surface area contributed by atoms with E-state index in [0.717, 1.165) is 112 Å². The topological polar surface area (TPSA) is 170 Å². The van der Waals surface area contributed by atoms with Crippen LogP contribution in [0.5, 0.6) is 0 Å². The molecule has 622 valence electrons. The summed E-state index contributed by atoms with van der Waals surface area (Å²) >= 11 is 1.80. The monoisotopic (exact) mass is 1660 g/mol. The summed E-state index contributed by atoms with van der Waals surface area (Å²) in [5, 5.41) is 8.69. The smallest absolute Gasteiger partial charge is 0.241 e. The maximum atomic E-state index is 13.8. The number of thiophene rings is 1. The Morgan fingerprint density at radius 3 is 1.20 bits per heavy atom. The van der Waals surface area contributed by atoms with Gasteiger partial charge >= 0.3 is 23.1 Å². The van der Waals surface area contributed by atoms with Crippen LogP contribution in [0.15, 0.2) is 158 Å². The third kappa shape index (κ3) is 15.7. The van der Waals surface area contributed by atoms with E-state index >= 15 is 0 Å². The Hall–Kier alpha value is -12.6. The Bertz CT molecular complexity index is 7520. The highest BCUT2D eigenvalue weighted by atomic mass is 32.1. The average Bonchev–Trinajstić information content (AvgIpc) is 1.23. The summed E-state index contributed by atoms with van der Waals surface area (Å²) in [7, 11) is 7.87. The van der Waals surface area contributed by atoms with Gasteiger partial charge in [0.15, 0.2) is 45.4 Å². The minimum absolute atomic E-state index is 0.00144. The minimum atomic E-state index is -4.63. The first kappa shape index (κ1) is 81.5. The van der Waals surface area contributed by atoms with Crippen molar-refractivity contribution < 1.29 is 35.6 Å². The second-order valence-electron chi connectivity index (χ2n) is 35.8. The maximum absolute atomic E-state index is 13.8. The van der Waals surface area contributed by atoms with Crippen molar-refractivity contribution in [2.24, 2.45) is 28.2 Å². The normalized spacial score (nSPS) is 12.6. The van der Waals surface area contributed by atoms with Gasteiger partial charge in [-0.05, 0) is 243 Å². The Kier molecular flexibility index (Phi) is 21.2. The van der Waals surface area contributed by atoms with E-state index in [9.17, 15) is 13.2 Å². The van der Waals surface area contributed by atoms with Gasteiger partial charge in [0.05, 0.1) is 61.5 Å².